The summed E-state index contributed by atoms with van der Waals surface area (Å²) in [6.45, 7) is 3.84. The normalized spacial score (nSPS) is 15.2. The summed E-state index contributed by atoms with van der Waals surface area (Å²) in [6.07, 6.45) is 0. The number of hydrogen-bond acceptors (Lipinski definition) is 6. The molecule has 4 rings (SSSR count). The van der Waals surface area contributed by atoms with E-state index in [4.69, 9.17) is 11.6 Å². The van der Waals surface area contributed by atoms with E-state index in [1.54, 1.807) is 30.3 Å². The van der Waals surface area contributed by atoms with Gasteiger partial charge in [0.25, 0.3) is 10.0 Å². The smallest absolute Gasteiger partial charge is 0.261 e. The molecule has 1 aliphatic rings. The van der Waals surface area contributed by atoms with E-state index in [0.29, 0.717) is 16.4 Å². The molecule has 7 nitrogen and oxygen atoms in total. The topological polar surface area (TPSA) is 78.4 Å². The average molecular weight is 444 g/mol. The van der Waals surface area contributed by atoms with Crippen LogP contribution < -0.4 is 9.62 Å². The van der Waals surface area contributed by atoms with E-state index in [-0.39, 0.29) is 4.90 Å². The number of nitrogens with zero attached hydrogens (tertiary/aromatic N) is 4. The van der Waals surface area contributed by atoms with Crippen LogP contribution in [0.5, 0.6) is 0 Å². The van der Waals surface area contributed by atoms with Crippen LogP contribution in [-0.4, -0.2) is 56.7 Å². The van der Waals surface area contributed by atoms with Crippen LogP contribution in [0, 0.1) is 0 Å². The largest absolute Gasteiger partial charge is 0.353 e. The standard InChI is InChI=1S/C21H22ClN5O2S/c1-26-10-12-27(13-11-26)21-9-8-20(23-24-21)16-4-2-6-18(14-16)25-30(28,29)19-7-3-5-17(22)15-19/h2-9,14-15,25H,10-13H2,1H3. The van der Waals surface area contributed by atoms with Crippen molar-refractivity contribution in [3.63, 3.8) is 0 Å². The van der Waals surface area contributed by atoms with Gasteiger partial charge in [0, 0.05) is 42.5 Å². The van der Waals surface area contributed by atoms with Gasteiger partial charge in [-0.05, 0) is 49.5 Å². The van der Waals surface area contributed by atoms with Gasteiger partial charge in [-0.1, -0.05) is 29.8 Å². The van der Waals surface area contributed by atoms with Crippen LogP contribution in [0.2, 0.25) is 5.02 Å². The van der Waals surface area contributed by atoms with E-state index in [2.05, 4.69) is 31.8 Å². The Hall–Kier alpha value is -2.68. The predicted octanol–water partition coefficient (Wildman–Crippen LogP) is 3.35. The van der Waals surface area contributed by atoms with Crippen molar-refractivity contribution >= 4 is 33.1 Å². The summed E-state index contributed by atoms with van der Waals surface area (Å²) in [5, 5.41) is 9.08. The summed E-state index contributed by atoms with van der Waals surface area (Å²) in [5.74, 6) is 0.852. The van der Waals surface area contributed by atoms with Gasteiger partial charge in [-0.3, -0.25) is 4.72 Å². The fourth-order valence-electron chi connectivity index (χ4n) is 3.27. The quantitative estimate of drug-likeness (QED) is 0.651. The number of rotatable bonds is 5. The highest BCUT2D eigenvalue weighted by Crippen LogP contribution is 2.24. The van der Waals surface area contributed by atoms with Gasteiger partial charge in [-0.15, -0.1) is 10.2 Å². The Kier molecular flexibility index (Phi) is 5.90. The molecule has 0 bridgehead atoms. The molecule has 0 unspecified atom stereocenters. The molecule has 1 saturated heterocycles. The van der Waals surface area contributed by atoms with Gasteiger partial charge in [-0.2, -0.15) is 0 Å². The third-order valence-electron chi connectivity index (χ3n) is 4.99. The number of aromatic nitrogens is 2. The summed E-state index contributed by atoms with van der Waals surface area (Å²) < 4.78 is 27.9. The van der Waals surface area contributed by atoms with E-state index < -0.39 is 10.0 Å². The number of halogens is 1. The maximum absolute atomic E-state index is 12.6. The Morgan fingerprint density at radius 1 is 0.933 bits per heavy atom. The molecule has 1 fully saturated rings. The van der Waals surface area contributed by atoms with Crippen molar-refractivity contribution in [3.05, 3.63) is 65.7 Å². The van der Waals surface area contributed by atoms with Crippen LogP contribution in [0.3, 0.4) is 0 Å². The predicted molar refractivity (Wildman–Crippen MR) is 119 cm³/mol. The van der Waals surface area contributed by atoms with Crippen molar-refractivity contribution in [2.45, 2.75) is 4.90 Å². The number of nitrogens with one attached hydrogen (secondary N) is 1. The van der Waals surface area contributed by atoms with Crippen LogP contribution in [0.4, 0.5) is 11.5 Å². The first-order chi connectivity index (χ1) is 14.4. The molecular weight excluding hydrogens is 422 g/mol. The van der Waals surface area contributed by atoms with Crippen molar-refractivity contribution < 1.29 is 8.42 Å². The summed E-state index contributed by atoms with van der Waals surface area (Å²) >= 11 is 5.92. The zero-order chi connectivity index (χ0) is 21.1. The van der Waals surface area contributed by atoms with Crippen molar-refractivity contribution in [2.75, 3.05) is 42.8 Å². The number of hydrogen-bond donors (Lipinski definition) is 1. The minimum atomic E-state index is -3.74. The van der Waals surface area contributed by atoms with E-state index in [9.17, 15) is 8.42 Å². The molecule has 0 spiro atoms. The second kappa shape index (κ2) is 8.59. The number of likely N-dealkylation sites (N-methyl/N-ethyl adjacent to an activating group) is 1. The fraction of sp³-hybridized carbons (Fsp3) is 0.238. The lowest BCUT2D eigenvalue weighted by Crippen LogP contribution is -2.44. The van der Waals surface area contributed by atoms with Crippen molar-refractivity contribution in [3.8, 4) is 11.3 Å². The molecule has 30 heavy (non-hydrogen) atoms. The Labute approximate surface area is 181 Å². The zero-order valence-electron chi connectivity index (χ0n) is 16.5. The van der Waals surface area contributed by atoms with Crippen LogP contribution in [0.25, 0.3) is 11.3 Å². The first kappa shape index (κ1) is 20.6. The van der Waals surface area contributed by atoms with Gasteiger partial charge in [0.15, 0.2) is 5.82 Å². The third kappa shape index (κ3) is 4.72. The second-order valence-corrected chi connectivity index (χ2v) is 9.33. The summed E-state index contributed by atoms with van der Waals surface area (Å²) in [6, 6.07) is 17.1. The van der Waals surface area contributed by atoms with Crippen LogP contribution in [0.15, 0.2) is 65.6 Å². The highest BCUT2D eigenvalue weighted by molar-refractivity contribution is 7.92. The molecule has 3 aromatic rings. The van der Waals surface area contributed by atoms with Gasteiger partial charge in [0.1, 0.15) is 0 Å². The molecule has 1 aromatic heterocycles. The Morgan fingerprint density at radius 2 is 1.70 bits per heavy atom. The molecule has 2 heterocycles. The average Bonchev–Trinajstić information content (AvgIpc) is 2.74. The van der Waals surface area contributed by atoms with E-state index in [1.165, 1.54) is 12.1 Å². The highest BCUT2D eigenvalue weighted by atomic mass is 35.5. The van der Waals surface area contributed by atoms with Gasteiger partial charge in [0.05, 0.1) is 10.6 Å². The van der Waals surface area contributed by atoms with E-state index in [1.807, 2.05) is 18.2 Å². The van der Waals surface area contributed by atoms with Crippen LogP contribution in [-0.2, 0) is 10.0 Å². The highest BCUT2D eigenvalue weighted by Gasteiger charge is 2.17. The molecule has 0 atom stereocenters. The molecule has 0 saturated carbocycles. The molecule has 0 amide bonds. The van der Waals surface area contributed by atoms with Gasteiger partial charge in [0.2, 0.25) is 0 Å². The molecule has 9 heteroatoms. The monoisotopic (exact) mass is 443 g/mol. The fourth-order valence-corrected chi connectivity index (χ4v) is 4.62. The molecule has 156 valence electrons. The van der Waals surface area contributed by atoms with Gasteiger partial charge in [-0.25, -0.2) is 8.42 Å². The number of benzene rings is 2. The van der Waals surface area contributed by atoms with E-state index >= 15 is 0 Å². The minimum Gasteiger partial charge on any atom is -0.353 e. The molecule has 0 aliphatic carbocycles. The first-order valence-electron chi connectivity index (χ1n) is 9.57. The molecule has 1 aliphatic heterocycles. The lowest BCUT2D eigenvalue weighted by Gasteiger charge is -2.32. The Balaban J connectivity index is 1.52. The number of piperazine rings is 1. The Bertz CT molecular complexity index is 1130. The third-order valence-corrected chi connectivity index (χ3v) is 6.61. The summed E-state index contributed by atoms with van der Waals surface area (Å²) in [7, 11) is -1.63. The van der Waals surface area contributed by atoms with Crippen molar-refractivity contribution in [1.82, 2.24) is 15.1 Å². The lowest BCUT2D eigenvalue weighted by molar-refractivity contribution is 0.312. The van der Waals surface area contributed by atoms with Gasteiger partial charge < -0.3 is 9.80 Å². The zero-order valence-corrected chi connectivity index (χ0v) is 18.1. The number of anilines is 2. The summed E-state index contributed by atoms with van der Waals surface area (Å²) in [5.41, 5.74) is 1.90. The second-order valence-electron chi connectivity index (χ2n) is 7.21. The maximum atomic E-state index is 12.6. The van der Waals surface area contributed by atoms with Crippen molar-refractivity contribution in [2.24, 2.45) is 0 Å². The molecular formula is C21H22ClN5O2S. The first-order valence-corrected chi connectivity index (χ1v) is 11.4. The molecule has 2 aromatic carbocycles. The SMILES string of the molecule is CN1CCN(c2ccc(-c3cccc(NS(=O)(=O)c4cccc(Cl)c4)c3)nn2)CC1. The maximum Gasteiger partial charge on any atom is 0.261 e. The lowest BCUT2D eigenvalue weighted by atomic mass is 10.1. The van der Waals surface area contributed by atoms with E-state index in [0.717, 1.165) is 37.6 Å². The van der Waals surface area contributed by atoms with Crippen molar-refractivity contribution in [1.29, 1.82) is 0 Å². The van der Waals surface area contributed by atoms with Gasteiger partial charge >= 0.3 is 0 Å². The number of sulfonamides is 1. The Morgan fingerprint density at radius 3 is 2.40 bits per heavy atom. The van der Waals surface area contributed by atoms with Crippen LogP contribution in [0.1, 0.15) is 0 Å². The van der Waals surface area contributed by atoms with Crippen LogP contribution >= 0.6 is 11.6 Å². The summed E-state index contributed by atoms with van der Waals surface area (Å²) in [4.78, 5) is 4.61. The minimum absolute atomic E-state index is 0.108. The molecule has 0 radical (unpaired) electrons. The molecule has 1 N–H and O–H groups in total.